The molecule has 0 bridgehead atoms. The van der Waals surface area contributed by atoms with Crippen LogP contribution < -0.4 is 10.1 Å². The van der Waals surface area contributed by atoms with E-state index in [2.05, 4.69) is 5.32 Å². The lowest BCUT2D eigenvalue weighted by molar-refractivity contribution is -0.141. The van der Waals surface area contributed by atoms with E-state index in [0.29, 0.717) is 5.75 Å². The average Bonchev–Trinajstić information content (AvgIpc) is 2.26. The number of nitrogens with one attached hydrogen (secondary N) is 1. The Morgan fingerprint density at radius 3 is 2.58 bits per heavy atom. The van der Waals surface area contributed by atoms with Gasteiger partial charge in [-0.2, -0.15) is 0 Å². The molecule has 1 aromatic rings. The first kappa shape index (κ1) is 15.0. The number of rotatable bonds is 6. The van der Waals surface area contributed by atoms with Crippen LogP contribution in [0.4, 0.5) is 0 Å². The third-order valence-corrected chi connectivity index (χ3v) is 2.39. The first-order valence-corrected chi connectivity index (χ1v) is 6.14. The maximum Gasteiger partial charge on any atom is 0.326 e. The van der Waals surface area contributed by atoms with Crippen LogP contribution in [-0.2, 0) is 16.0 Å². The third-order valence-electron chi connectivity index (χ3n) is 2.39. The number of benzene rings is 1. The lowest BCUT2D eigenvalue weighted by Gasteiger charge is -2.15. The Morgan fingerprint density at radius 2 is 2.05 bits per heavy atom. The standard InChI is InChI=1S/C14H19NO4/c1-9(2)19-12-6-4-5-11(7-12)8-13(14(17)18)15-10(3)16/h4-7,9,13H,8H2,1-3H3,(H,15,16)(H,17,18). The SMILES string of the molecule is CC(=O)NC(Cc1cccc(OC(C)C)c1)C(=O)O. The first-order valence-electron chi connectivity index (χ1n) is 6.14. The predicted octanol–water partition coefficient (Wildman–Crippen LogP) is 1.61. The van der Waals surface area contributed by atoms with E-state index >= 15 is 0 Å². The number of hydrogen-bond donors (Lipinski definition) is 2. The zero-order valence-electron chi connectivity index (χ0n) is 11.3. The van der Waals surface area contributed by atoms with Gasteiger partial charge in [0.1, 0.15) is 11.8 Å². The second-order valence-electron chi connectivity index (χ2n) is 4.61. The topological polar surface area (TPSA) is 75.6 Å². The highest BCUT2D eigenvalue weighted by Crippen LogP contribution is 2.16. The number of aliphatic carboxylic acids is 1. The molecular formula is C14H19NO4. The molecule has 1 amide bonds. The first-order chi connectivity index (χ1) is 8.88. The molecule has 104 valence electrons. The monoisotopic (exact) mass is 265 g/mol. The number of carbonyl (C=O) groups is 2. The minimum atomic E-state index is -1.05. The van der Waals surface area contributed by atoms with Gasteiger partial charge in [0.2, 0.25) is 5.91 Å². The van der Waals surface area contributed by atoms with Crippen molar-refractivity contribution in [1.82, 2.24) is 5.32 Å². The Bertz CT molecular complexity index is 457. The molecule has 0 aromatic heterocycles. The van der Waals surface area contributed by atoms with Crippen molar-refractivity contribution in [3.8, 4) is 5.75 Å². The molecule has 0 heterocycles. The van der Waals surface area contributed by atoms with E-state index < -0.39 is 12.0 Å². The van der Waals surface area contributed by atoms with Crippen LogP contribution in [0.25, 0.3) is 0 Å². The van der Waals surface area contributed by atoms with Crippen LogP contribution in [0.3, 0.4) is 0 Å². The predicted molar refractivity (Wildman–Crippen MR) is 71.2 cm³/mol. The number of hydrogen-bond acceptors (Lipinski definition) is 3. The minimum Gasteiger partial charge on any atom is -0.491 e. The van der Waals surface area contributed by atoms with Crippen molar-refractivity contribution in [2.45, 2.75) is 39.3 Å². The molecule has 5 nitrogen and oxygen atoms in total. The largest absolute Gasteiger partial charge is 0.491 e. The summed E-state index contributed by atoms with van der Waals surface area (Å²) in [4.78, 5) is 22.0. The number of amides is 1. The van der Waals surface area contributed by atoms with Crippen molar-refractivity contribution in [2.24, 2.45) is 0 Å². The van der Waals surface area contributed by atoms with Gasteiger partial charge in [0.25, 0.3) is 0 Å². The molecule has 5 heteroatoms. The van der Waals surface area contributed by atoms with Crippen molar-refractivity contribution < 1.29 is 19.4 Å². The molecule has 0 saturated carbocycles. The van der Waals surface area contributed by atoms with E-state index in [9.17, 15) is 9.59 Å². The Labute approximate surface area is 112 Å². The summed E-state index contributed by atoms with van der Waals surface area (Å²) in [6.07, 6.45) is 0.283. The summed E-state index contributed by atoms with van der Waals surface area (Å²) in [6, 6.07) is 6.30. The molecule has 0 aliphatic heterocycles. The van der Waals surface area contributed by atoms with Gasteiger partial charge in [-0.15, -0.1) is 0 Å². The van der Waals surface area contributed by atoms with Gasteiger partial charge >= 0.3 is 5.97 Å². The summed E-state index contributed by atoms with van der Waals surface area (Å²) in [5, 5.41) is 11.5. The summed E-state index contributed by atoms with van der Waals surface area (Å²) >= 11 is 0. The highest BCUT2D eigenvalue weighted by molar-refractivity contribution is 5.82. The molecule has 1 aromatic carbocycles. The van der Waals surface area contributed by atoms with Crippen LogP contribution >= 0.6 is 0 Å². The van der Waals surface area contributed by atoms with Crippen molar-refractivity contribution in [2.75, 3.05) is 0 Å². The average molecular weight is 265 g/mol. The number of carboxylic acid groups (broad SMARTS) is 1. The second kappa shape index (κ2) is 6.78. The molecule has 1 rings (SSSR count). The van der Waals surface area contributed by atoms with E-state index in [4.69, 9.17) is 9.84 Å². The quantitative estimate of drug-likeness (QED) is 0.819. The fourth-order valence-corrected chi connectivity index (χ4v) is 1.70. The molecule has 0 aliphatic rings. The highest BCUT2D eigenvalue weighted by Gasteiger charge is 2.18. The molecule has 1 atom stereocenters. The molecule has 0 aliphatic carbocycles. The number of carbonyl (C=O) groups excluding carboxylic acids is 1. The van der Waals surface area contributed by atoms with Gasteiger partial charge in [-0.1, -0.05) is 12.1 Å². The smallest absolute Gasteiger partial charge is 0.326 e. The Kier molecular flexibility index (Phi) is 5.36. The van der Waals surface area contributed by atoms with E-state index in [0.717, 1.165) is 5.56 Å². The third kappa shape index (κ3) is 5.42. The highest BCUT2D eigenvalue weighted by atomic mass is 16.5. The van der Waals surface area contributed by atoms with Crippen LogP contribution in [0.1, 0.15) is 26.3 Å². The summed E-state index contributed by atoms with van der Waals surface area (Å²) in [6.45, 7) is 5.14. The van der Waals surface area contributed by atoms with E-state index in [1.165, 1.54) is 6.92 Å². The maximum absolute atomic E-state index is 11.1. The summed E-state index contributed by atoms with van der Waals surface area (Å²) in [7, 11) is 0. The Balaban J connectivity index is 2.78. The molecule has 0 saturated heterocycles. The molecule has 1 unspecified atom stereocenters. The van der Waals surface area contributed by atoms with Gasteiger partial charge in [0.15, 0.2) is 0 Å². The normalized spacial score (nSPS) is 12.0. The minimum absolute atomic E-state index is 0.0564. The van der Waals surface area contributed by atoms with Crippen molar-refractivity contribution >= 4 is 11.9 Å². The van der Waals surface area contributed by atoms with Crippen LogP contribution in [-0.4, -0.2) is 29.1 Å². The van der Waals surface area contributed by atoms with Gasteiger partial charge in [-0.05, 0) is 31.5 Å². The van der Waals surface area contributed by atoms with Crippen LogP contribution in [0.2, 0.25) is 0 Å². The van der Waals surface area contributed by atoms with Crippen LogP contribution in [0, 0.1) is 0 Å². The fraction of sp³-hybridized carbons (Fsp3) is 0.429. The van der Waals surface area contributed by atoms with E-state index in [1.807, 2.05) is 26.0 Å². The Hall–Kier alpha value is -2.04. The van der Waals surface area contributed by atoms with Gasteiger partial charge in [-0.3, -0.25) is 4.79 Å². The fourth-order valence-electron chi connectivity index (χ4n) is 1.70. The maximum atomic E-state index is 11.1. The number of ether oxygens (including phenoxy) is 1. The van der Waals surface area contributed by atoms with Gasteiger partial charge in [0, 0.05) is 13.3 Å². The van der Waals surface area contributed by atoms with Crippen LogP contribution in [0.5, 0.6) is 5.75 Å². The zero-order valence-corrected chi connectivity index (χ0v) is 11.3. The van der Waals surface area contributed by atoms with Gasteiger partial charge in [-0.25, -0.2) is 4.79 Å². The summed E-state index contributed by atoms with van der Waals surface area (Å²) < 4.78 is 5.54. The molecule has 0 fully saturated rings. The number of carboxylic acids is 1. The van der Waals surface area contributed by atoms with Crippen molar-refractivity contribution in [3.05, 3.63) is 29.8 Å². The lowest BCUT2D eigenvalue weighted by atomic mass is 10.1. The molecule has 2 N–H and O–H groups in total. The second-order valence-corrected chi connectivity index (χ2v) is 4.61. The van der Waals surface area contributed by atoms with Gasteiger partial charge in [0.05, 0.1) is 6.10 Å². The molecule has 0 spiro atoms. The zero-order chi connectivity index (χ0) is 14.4. The van der Waals surface area contributed by atoms with E-state index in [-0.39, 0.29) is 18.4 Å². The molecular weight excluding hydrogens is 246 g/mol. The van der Waals surface area contributed by atoms with Crippen LogP contribution in [0.15, 0.2) is 24.3 Å². The Morgan fingerprint density at radius 1 is 1.37 bits per heavy atom. The van der Waals surface area contributed by atoms with Gasteiger partial charge < -0.3 is 15.2 Å². The van der Waals surface area contributed by atoms with Crippen molar-refractivity contribution in [3.63, 3.8) is 0 Å². The summed E-state index contributed by atoms with van der Waals surface area (Å²) in [5.74, 6) is -0.716. The van der Waals surface area contributed by atoms with E-state index in [1.54, 1.807) is 12.1 Å². The molecule has 19 heavy (non-hydrogen) atoms. The van der Waals surface area contributed by atoms with Crippen molar-refractivity contribution in [1.29, 1.82) is 0 Å². The summed E-state index contributed by atoms with van der Waals surface area (Å²) in [5.41, 5.74) is 0.805. The lowest BCUT2D eigenvalue weighted by Crippen LogP contribution is -2.41. The molecule has 0 radical (unpaired) electrons.